The maximum Gasteiger partial charge on any atom is 0.338 e. The van der Waals surface area contributed by atoms with Gasteiger partial charge in [0.1, 0.15) is 0 Å². The molecule has 142 valence electrons. The molecular weight excluding hydrogens is 393 g/mol. The average Bonchev–Trinajstić information content (AvgIpc) is 2.91. The number of carbonyl (C=O) groups excluding carboxylic acids is 2. The van der Waals surface area contributed by atoms with Crippen LogP contribution in [0.25, 0.3) is 0 Å². The van der Waals surface area contributed by atoms with Gasteiger partial charge in [-0.05, 0) is 23.8 Å². The van der Waals surface area contributed by atoms with Crippen molar-refractivity contribution in [1.82, 2.24) is 5.32 Å². The van der Waals surface area contributed by atoms with E-state index in [9.17, 15) is 9.59 Å². The molecule has 1 N–H and O–H groups in total. The molecule has 2 aromatic rings. The predicted molar refractivity (Wildman–Crippen MR) is 101 cm³/mol. The Kier molecular flexibility index (Phi) is 6.42. The van der Waals surface area contributed by atoms with Gasteiger partial charge in [-0.1, -0.05) is 41.4 Å². The molecule has 0 saturated heterocycles. The highest BCUT2D eigenvalue weighted by Gasteiger charge is 2.19. The third-order valence-corrected chi connectivity index (χ3v) is 4.46. The molecule has 0 aromatic heterocycles. The first-order chi connectivity index (χ1) is 13.0. The number of halogens is 2. The zero-order valence-corrected chi connectivity index (χ0v) is 15.8. The number of hydrogen-bond donors (Lipinski definition) is 1. The molecule has 8 heteroatoms. The smallest absolute Gasteiger partial charge is 0.338 e. The number of esters is 1. The van der Waals surface area contributed by atoms with Crippen LogP contribution >= 0.6 is 23.2 Å². The van der Waals surface area contributed by atoms with Crippen molar-refractivity contribution in [2.75, 3.05) is 19.8 Å². The van der Waals surface area contributed by atoms with E-state index in [4.69, 9.17) is 37.4 Å². The third-order valence-electron chi connectivity index (χ3n) is 3.81. The molecule has 0 aliphatic carbocycles. The van der Waals surface area contributed by atoms with Crippen LogP contribution in [0, 0.1) is 0 Å². The van der Waals surface area contributed by atoms with Crippen molar-refractivity contribution in [2.45, 2.75) is 13.0 Å². The quantitative estimate of drug-likeness (QED) is 0.763. The van der Waals surface area contributed by atoms with E-state index in [-0.39, 0.29) is 17.1 Å². The summed E-state index contributed by atoms with van der Waals surface area (Å²) in [5.74, 6) is -0.331. The van der Waals surface area contributed by atoms with Crippen LogP contribution in [0.4, 0.5) is 0 Å². The topological polar surface area (TPSA) is 73.9 Å². The summed E-state index contributed by atoms with van der Waals surface area (Å²) in [5, 5.41) is 3.45. The van der Waals surface area contributed by atoms with E-state index in [2.05, 4.69) is 5.32 Å². The Bertz CT molecular complexity index is 856. The molecule has 0 atom stereocenters. The van der Waals surface area contributed by atoms with Crippen molar-refractivity contribution in [3.05, 3.63) is 57.6 Å². The van der Waals surface area contributed by atoms with E-state index in [1.165, 1.54) is 12.1 Å². The third kappa shape index (κ3) is 5.05. The highest BCUT2D eigenvalue weighted by atomic mass is 35.5. The second-order valence-corrected chi connectivity index (χ2v) is 6.59. The first-order valence-electron chi connectivity index (χ1n) is 8.31. The van der Waals surface area contributed by atoms with Crippen LogP contribution < -0.4 is 14.8 Å². The van der Waals surface area contributed by atoms with Crippen LogP contribution in [0.15, 0.2) is 36.4 Å². The fraction of sp³-hybridized carbons (Fsp3) is 0.263. The molecule has 0 bridgehead atoms. The lowest BCUT2D eigenvalue weighted by atomic mass is 10.2. The number of nitrogens with one attached hydrogen (secondary N) is 1. The van der Waals surface area contributed by atoms with Gasteiger partial charge in [-0.2, -0.15) is 0 Å². The molecule has 3 rings (SSSR count). The van der Waals surface area contributed by atoms with E-state index >= 15 is 0 Å². The van der Waals surface area contributed by atoms with Gasteiger partial charge in [0.05, 0.1) is 23.8 Å². The summed E-state index contributed by atoms with van der Waals surface area (Å²) >= 11 is 12.2. The number of rotatable bonds is 5. The lowest BCUT2D eigenvalue weighted by molar-refractivity contribution is -0.124. The fourth-order valence-corrected chi connectivity index (χ4v) is 2.92. The summed E-state index contributed by atoms with van der Waals surface area (Å²) in [6.45, 7) is 0.773. The molecule has 0 saturated carbocycles. The first kappa shape index (κ1) is 19.3. The van der Waals surface area contributed by atoms with Crippen molar-refractivity contribution in [1.29, 1.82) is 0 Å². The zero-order chi connectivity index (χ0) is 19.2. The number of benzene rings is 2. The number of hydrogen-bond acceptors (Lipinski definition) is 5. The van der Waals surface area contributed by atoms with Gasteiger partial charge in [-0.25, -0.2) is 4.79 Å². The Labute approximate surface area is 166 Å². The van der Waals surface area contributed by atoms with Gasteiger partial charge in [0.25, 0.3) is 5.91 Å². The molecule has 27 heavy (non-hydrogen) atoms. The monoisotopic (exact) mass is 409 g/mol. The number of fused-ring (bicyclic) bond motifs is 1. The van der Waals surface area contributed by atoms with Crippen molar-refractivity contribution in [2.24, 2.45) is 0 Å². The van der Waals surface area contributed by atoms with Gasteiger partial charge in [0.2, 0.25) is 0 Å². The van der Waals surface area contributed by atoms with Crippen LogP contribution in [0.2, 0.25) is 10.0 Å². The van der Waals surface area contributed by atoms with Crippen molar-refractivity contribution < 1.29 is 23.8 Å². The van der Waals surface area contributed by atoms with Crippen LogP contribution in [0.3, 0.4) is 0 Å². The first-order valence-corrected chi connectivity index (χ1v) is 9.06. The Balaban J connectivity index is 1.56. The summed E-state index contributed by atoms with van der Waals surface area (Å²) in [6, 6.07) is 10.1. The Hall–Kier alpha value is -2.44. The lowest BCUT2D eigenvalue weighted by Crippen LogP contribution is -2.28. The van der Waals surface area contributed by atoms with Crippen LogP contribution in [-0.4, -0.2) is 31.7 Å². The highest BCUT2D eigenvalue weighted by Crippen LogP contribution is 2.38. The SMILES string of the molecule is O=C(COC(=O)c1cc(Cl)c2c(c1)OCCCO2)NCc1ccccc1Cl. The van der Waals surface area contributed by atoms with Crippen molar-refractivity contribution >= 4 is 35.1 Å². The largest absolute Gasteiger partial charge is 0.489 e. The molecule has 1 aliphatic rings. The van der Waals surface area contributed by atoms with Gasteiger partial charge >= 0.3 is 5.97 Å². The number of ether oxygens (including phenoxy) is 3. The molecule has 2 aromatic carbocycles. The van der Waals surface area contributed by atoms with E-state index < -0.39 is 18.5 Å². The Morgan fingerprint density at radius 1 is 1.07 bits per heavy atom. The molecule has 0 unspecified atom stereocenters. The maximum absolute atomic E-state index is 12.2. The summed E-state index contributed by atoms with van der Waals surface area (Å²) in [4.78, 5) is 24.1. The molecular formula is C19H17Cl2NO5. The van der Waals surface area contributed by atoms with Gasteiger partial charge in [0, 0.05) is 18.0 Å². The zero-order valence-electron chi connectivity index (χ0n) is 14.3. The van der Waals surface area contributed by atoms with Crippen LogP contribution in [-0.2, 0) is 16.1 Å². The lowest BCUT2D eigenvalue weighted by Gasteiger charge is -2.11. The van der Waals surface area contributed by atoms with Crippen molar-refractivity contribution in [3.8, 4) is 11.5 Å². The highest BCUT2D eigenvalue weighted by molar-refractivity contribution is 6.32. The minimum absolute atomic E-state index is 0.183. The Morgan fingerprint density at radius 3 is 2.67 bits per heavy atom. The summed E-state index contributed by atoms with van der Waals surface area (Å²) < 4.78 is 16.1. The van der Waals surface area contributed by atoms with E-state index in [0.29, 0.717) is 29.7 Å². The van der Waals surface area contributed by atoms with E-state index in [1.807, 2.05) is 6.07 Å². The normalized spacial score (nSPS) is 12.8. The summed E-state index contributed by atoms with van der Waals surface area (Å²) in [6.07, 6.45) is 0.719. The molecule has 0 radical (unpaired) electrons. The molecule has 1 aliphatic heterocycles. The predicted octanol–water partition coefficient (Wildman–Crippen LogP) is 3.63. The minimum Gasteiger partial charge on any atom is -0.489 e. The second-order valence-electron chi connectivity index (χ2n) is 5.78. The van der Waals surface area contributed by atoms with E-state index in [0.717, 1.165) is 12.0 Å². The van der Waals surface area contributed by atoms with Gasteiger partial charge in [-0.15, -0.1) is 0 Å². The molecule has 6 nitrogen and oxygen atoms in total. The number of amides is 1. The minimum atomic E-state index is -0.680. The molecule has 1 amide bonds. The second kappa shape index (κ2) is 8.97. The van der Waals surface area contributed by atoms with E-state index in [1.54, 1.807) is 18.2 Å². The fourth-order valence-electron chi connectivity index (χ4n) is 2.45. The standard InChI is InChI=1S/C19H17Cl2NO5/c20-14-5-2-1-4-12(14)10-22-17(23)11-27-19(24)13-8-15(21)18-16(9-13)25-6-3-7-26-18/h1-2,4-5,8-9H,3,6-7,10-11H2,(H,22,23). The summed E-state index contributed by atoms with van der Waals surface area (Å²) in [7, 11) is 0. The molecule has 0 spiro atoms. The van der Waals surface area contributed by atoms with Crippen LogP contribution in [0.5, 0.6) is 11.5 Å². The molecule has 0 fully saturated rings. The Morgan fingerprint density at radius 2 is 1.85 bits per heavy atom. The summed E-state index contributed by atoms with van der Waals surface area (Å²) in [5.41, 5.74) is 0.955. The average molecular weight is 410 g/mol. The molecule has 1 heterocycles. The maximum atomic E-state index is 12.2. The van der Waals surface area contributed by atoms with Gasteiger partial charge in [-0.3, -0.25) is 4.79 Å². The van der Waals surface area contributed by atoms with Gasteiger partial charge in [0.15, 0.2) is 18.1 Å². The number of carbonyl (C=O) groups is 2. The van der Waals surface area contributed by atoms with Gasteiger partial charge < -0.3 is 19.5 Å². The van der Waals surface area contributed by atoms with Crippen LogP contribution in [0.1, 0.15) is 22.3 Å². The van der Waals surface area contributed by atoms with Crippen molar-refractivity contribution in [3.63, 3.8) is 0 Å².